The summed E-state index contributed by atoms with van der Waals surface area (Å²) in [5.74, 6) is 3.38. The molecule has 4 heterocycles. The van der Waals surface area contributed by atoms with Crippen molar-refractivity contribution in [3.05, 3.63) is 82.7 Å². The van der Waals surface area contributed by atoms with Crippen molar-refractivity contribution in [1.29, 1.82) is 0 Å². The van der Waals surface area contributed by atoms with Gasteiger partial charge in [-0.15, -0.1) is 12.4 Å². The van der Waals surface area contributed by atoms with E-state index in [0.29, 0.717) is 31.0 Å². The van der Waals surface area contributed by atoms with Gasteiger partial charge in [-0.3, -0.25) is 4.79 Å². The van der Waals surface area contributed by atoms with Gasteiger partial charge in [0.05, 0.1) is 29.9 Å². The van der Waals surface area contributed by atoms with Gasteiger partial charge in [-0.1, -0.05) is 23.9 Å². The van der Waals surface area contributed by atoms with E-state index in [1.165, 1.54) is 0 Å². The van der Waals surface area contributed by atoms with Crippen LogP contribution in [0, 0.1) is 0 Å². The largest absolute Gasteiger partial charge is 0.493 e. The average molecular weight is 542 g/mol. The number of thioether (sulfide) groups is 1. The van der Waals surface area contributed by atoms with E-state index in [0.717, 1.165) is 46.5 Å². The monoisotopic (exact) mass is 541 g/mol. The normalized spacial score (nSPS) is 13.9. The first-order chi connectivity index (χ1) is 17.2. The molecule has 0 radical (unpaired) electrons. The number of hydrogen-bond acceptors (Lipinski definition) is 7. The topological polar surface area (TPSA) is 68.5 Å². The Labute approximate surface area is 225 Å². The second-order valence-electron chi connectivity index (χ2n) is 8.33. The van der Waals surface area contributed by atoms with Gasteiger partial charge in [0.25, 0.3) is 5.91 Å². The number of para-hydroxylation sites is 1. The fraction of sp³-hybridized carbons (Fsp3) is 0.296. The standard InChI is InChI=1S/C27H27N3O3S2.ClH/c1-2-32-24-8-4-3-7-22(24)27(31)30-12-9-19(10-13-30)26-28-23(20-11-15-34-17-20)16-25(29-26)35-18-21-6-5-14-33-21;/h3-8,11,14-17,19H,2,9-10,12-13,18H2,1H3;1H. The SMILES string of the molecule is CCOc1ccccc1C(=O)N1CCC(c2nc(SCc3ccco3)cc(-c3ccsc3)n2)CC1.Cl. The van der Waals surface area contributed by atoms with Crippen molar-refractivity contribution in [2.24, 2.45) is 0 Å². The highest BCUT2D eigenvalue weighted by molar-refractivity contribution is 7.98. The molecule has 0 aliphatic carbocycles. The van der Waals surface area contributed by atoms with Crippen LogP contribution in [0.1, 0.15) is 47.6 Å². The molecule has 1 amide bonds. The number of thiophene rings is 1. The number of carbonyl (C=O) groups is 1. The number of aromatic nitrogens is 2. The van der Waals surface area contributed by atoms with Crippen LogP contribution in [-0.4, -0.2) is 40.5 Å². The number of piperidine rings is 1. The highest BCUT2D eigenvalue weighted by Gasteiger charge is 2.28. The smallest absolute Gasteiger partial charge is 0.257 e. The van der Waals surface area contributed by atoms with Crippen LogP contribution in [0.25, 0.3) is 11.3 Å². The second kappa shape index (κ2) is 12.4. The van der Waals surface area contributed by atoms with Crippen molar-refractivity contribution in [1.82, 2.24) is 14.9 Å². The number of carbonyl (C=O) groups excluding carboxylic acids is 1. The Morgan fingerprint density at radius 2 is 2.00 bits per heavy atom. The van der Waals surface area contributed by atoms with E-state index in [-0.39, 0.29) is 24.2 Å². The quantitative estimate of drug-likeness (QED) is 0.178. The lowest BCUT2D eigenvalue weighted by atomic mass is 9.95. The molecule has 1 saturated heterocycles. The van der Waals surface area contributed by atoms with Crippen LogP contribution >= 0.6 is 35.5 Å². The zero-order valence-corrected chi connectivity index (χ0v) is 22.4. The summed E-state index contributed by atoms with van der Waals surface area (Å²) < 4.78 is 11.2. The van der Waals surface area contributed by atoms with Crippen molar-refractivity contribution < 1.29 is 13.9 Å². The third-order valence-electron chi connectivity index (χ3n) is 6.04. The molecule has 1 fully saturated rings. The summed E-state index contributed by atoms with van der Waals surface area (Å²) in [6, 6.07) is 15.5. The van der Waals surface area contributed by atoms with E-state index in [4.69, 9.17) is 19.1 Å². The molecule has 4 aromatic rings. The number of likely N-dealkylation sites (tertiary alicyclic amines) is 1. The molecule has 0 saturated carbocycles. The van der Waals surface area contributed by atoms with Crippen LogP contribution in [0.3, 0.4) is 0 Å². The van der Waals surface area contributed by atoms with E-state index < -0.39 is 0 Å². The molecule has 1 aliphatic heterocycles. The molecule has 5 rings (SSSR count). The Morgan fingerprint density at radius 1 is 1.17 bits per heavy atom. The number of ether oxygens (including phenoxy) is 1. The minimum absolute atomic E-state index is 0. The van der Waals surface area contributed by atoms with E-state index in [9.17, 15) is 4.79 Å². The third-order valence-corrected chi connectivity index (χ3v) is 7.66. The van der Waals surface area contributed by atoms with Gasteiger partial charge >= 0.3 is 0 Å². The van der Waals surface area contributed by atoms with Crippen LogP contribution in [0.2, 0.25) is 0 Å². The number of furan rings is 1. The van der Waals surface area contributed by atoms with Gasteiger partial charge in [-0.2, -0.15) is 11.3 Å². The van der Waals surface area contributed by atoms with Gasteiger partial charge in [-0.25, -0.2) is 9.97 Å². The van der Waals surface area contributed by atoms with Crippen LogP contribution < -0.4 is 4.74 Å². The number of benzene rings is 1. The number of amides is 1. The molecule has 0 spiro atoms. The molecule has 36 heavy (non-hydrogen) atoms. The molecule has 0 N–H and O–H groups in total. The summed E-state index contributed by atoms with van der Waals surface area (Å²) in [5, 5.41) is 5.12. The predicted molar refractivity (Wildman–Crippen MR) is 146 cm³/mol. The summed E-state index contributed by atoms with van der Waals surface area (Å²) in [7, 11) is 0. The van der Waals surface area contributed by atoms with E-state index >= 15 is 0 Å². The fourth-order valence-corrected chi connectivity index (χ4v) is 5.69. The molecular formula is C27H28ClN3O3S2. The third kappa shape index (κ3) is 6.11. The lowest BCUT2D eigenvalue weighted by Crippen LogP contribution is -2.38. The number of rotatable bonds is 8. The Bertz CT molecular complexity index is 1260. The molecule has 1 aliphatic rings. The molecule has 0 atom stereocenters. The molecule has 9 heteroatoms. The maximum Gasteiger partial charge on any atom is 0.257 e. The first-order valence-electron chi connectivity index (χ1n) is 11.8. The van der Waals surface area contributed by atoms with E-state index in [2.05, 4.69) is 22.9 Å². The molecule has 0 unspecified atom stereocenters. The molecule has 0 bridgehead atoms. The number of halogens is 1. The summed E-state index contributed by atoms with van der Waals surface area (Å²) in [6.45, 7) is 3.80. The highest BCUT2D eigenvalue weighted by atomic mass is 35.5. The van der Waals surface area contributed by atoms with Gasteiger partial charge in [0.1, 0.15) is 22.4 Å². The maximum absolute atomic E-state index is 13.2. The van der Waals surface area contributed by atoms with Crippen LogP contribution in [0.5, 0.6) is 5.75 Å². The van der Waals surface area contributed by atoms with Crippen molar-refractivity contribution in [2.45, 2.75) is 36.5 Å². The van der Waals surface area contributed by atoms with Crippen molar-refractivity contribution in [3.8, 4) is 17.0 Å². The van der Waals surface area contributed by atoms with Gasteiger partial charge in [-0.05, 0) is 61.5 Å². The Morgan fingerprint density at radius 3 is 2.72 bits per heavy atom. The Kier molecular flexibility index (Phi) is 9.07. The van der Waals surface area contributed by atoms with Gasteiger partial charge in [0.15, 0.2) is 0 Å². The predicted octanol–water partition coefficient (Wildman–Crippen LogP) is 6.93. The molecule has 1 aromatic carbocycles. The molecule has 6 nitrogen and oxygen atoms in total. The van der Waals surface area contributed by atoms with Gasteiger partial charge in [0, 0.05) is 30.0 Å². The van der Waals surface area contributed by atoms with E-state index in [1.807, 2.05) is 48.2 Å². The van der Waals surface area contributed by atoms with Crippen LogP contribution in [0.15, 0.2) is 75.0 Å². The van der Waals surface area contributed by atoms with Crippen LogP contribution in [-0.2, 0) is 5.75 Å². The van der Waals surface area contributed by atoms with Gasteiger partial charge < -0.3 is 14.1 Å². The molecule has 188 valence electrons. The summed E-state index contributed by atoms with van der Waals surface area (Å²) in [6.07, 6.45) is 3.36. The maximum atomic E-state index is 13.2. The van der Waals surface area contributed by atoms with Crippen molar-refractivity contribution in [3.63, 3.8) is 0 Å². The Hall–Kier alpha value is -2.81. The fourth-order valence-electron chi connectivity index (χ4n) is 4.23. The van der Waals surface area contributed by atoms with Gasteiger partial charge in [0.2, 0.25) is 0 Å². The molecule has 3 aromatic heterocycles. The molecular weight excluding hydrogens is 514 g/mol. The summed E-state index contributed by atoms with van der Waals surface area (Å²) in [4.78, 5) is 25.0. The highest BCUT2D eigenvalue weighted by Crippen LogP contribution is 2.33. The lowest BCUT2D eigenvalue weighted by Gasteiger charge is -2.32. The van der Waals surface area contributed by atoms with Crippen molar-refractivity contribution >= 4 is 41.4 Å². The summed E-state index contributed by atoms with van der Waals surface area (Å²) in [5.41, 5.74) is 2.68. The number of nitrogens with zero attached hydrogens (tertiary/aromatic N) is 3. The first-order valence-corrected chi connectivity index (χ1v) is 13.7. The van der Waals surface area contributed by atoms with E-state index in [1.54, 1.807) is 29.4 Å². The van der Waals surface area contributed by atoms with Crippen molar-refractivity contribution in [2.75, 3.05) is 19.7 Å². The minimum Gasteiger partial charge on any atom is -0.493 e. The first kappa shape index (κ1) is 26.3. The van der Waals surface area contributed by atoms with Crippen LogP contribution in [0.4, 0.5) is 0 Å². The zero-order chi connectivity index (χ0) is 24.0. The second-order valence-corrected chi connectivity index (χ2v) is 10.1. The minimum atomic E-state index is 0. The average Bonchev–Trinajstić information content (AvgIpc) is 3.63. The summed E-state index contributed by atoms with van der Waals surface area (Å²) >= 11 is 3.32. The zero-order valence-electron chi connectivity index (χ0n) is 20.0. The lowest BCUT2D eigenvalue weighted by molar-refractivity contribution is 0.0707. The Balaban J connectivity index is 0.00000304. The number of hydrogen-bond donors (Lipinski definition) is 0.